The molecule has 2 atom stereocenters. The van der Waals surface area contributed by atoms with Crippen molar-refractivity contribution in [3.8, 4) is 5.75 Å². The second-order valence-electron chi connectivity index (χ2n) is 5.79. The normalized spacial score (nSPS) is 22.6. The zero-order chi connectivity index (χ0) is 13.8. The molecule has 0 radical (unpaired) electrons. The number of fused-ring (bicyclic) bond motifs is 1. The zero-order valence-electron chi connectivity index (χ0n) is 12.4. The lowest BCUT2D eigenvalue weighted by Gasteiger charge is -2.23. The number of rotatable bonds is 6. The Morgan fingerprint density at radius 3 is 3.20 bits per heavy atom. The average molecular weight is 291 g/mol. The van der Waals surface area contributed by atoms with E-state index in [1.54, 1.807) is 0 Å². The summed E-state index contributed by atoms with van der Waals surface area (Å²) in [5.41, 5.74) is 2.87. The van der Waals surface area contributed by atoms with Crippen molar-refractivity contribution in [3.05, 3.63) is 29.3 Å². The van der Waals surface area contributed by atoms with E-state index in [-0.39, 0.29) is 0 Å². The van der Waals surface area contributed by atoms with Gasteiger partial charge in [-0.05, 0) is 55.2 Å². The quantitative estimate of drug-likeness (QED) is 0.867. The number of hydrogen-bond acceptors (Lipinski definition) is 3. The molecule has 1 saturated heterocycles. The maximum atomic E-state index is 5.58. The highest BCUT2D eigenvalue weighted by Gasteiger charge is 2.24. The predicted molar refractivity (Wildman–Crippen MR) is 86.9 cm³/mol. The van der Waals surface area contributed by atoms with Gasteiger partial charge in [0.25, 0.3) is 0 Å². The first-order valence-electron chi connectivity index (χ1n) is 7.96. The number of benzene rings is 1. The highest BCUT2D eigenvalue weighted by atomic mass is 32.2. The van der Waals surface area contributed by atoms with Crippen molar-refractivity contribution < 1.29 is 4.74 Å². The molecule has 1 aromatic carbocycles. The van der Waals surface area contributed by atoms with E-state index in [2.05, 4.69) is 42.2 Å². The van der Waals surface area contributed by atoms with Gasteiger partial charge in [-0.1, -0.05) is 19.1 Å². The van der Waals surface area contributed by atoms with Gasteiger partial charge in [-0.15, -0.1) is 0 Å². The molecule has 20 heavy (non-hydrogen) atoms. The molecule has 1 aromatic rings. The summed E-state index contributed by atoms with van der Waals surface area (Å²) in [6.07, 6.45) is 6.30. The van der Waals surface area contributed by atoms with Gasteiger partial charge in [0.1, 0.15) is 5.75 Å². The van der Waals surface area contributed by atoms with Crippen molar-refractivity contribution in [1.82, 2.24) is 5.32 Å². The van der Waals surface area contributed by atoms with Gasteiger partial charge in [0, 0.05) is 17.7 Å². The van der Waals surface area contributed by atoms with Gasteiger partial charge >= 0.3 is 0 Å². The molecule has 2 unspecified atom stereocenters. The molecule has 0 aliphatic carbocycles. The fourth-order valence-corrected chi connectivity index (χ4v) is 4.75. The maximum Gasteiger partial charge on any atom is 0.122 e. The Morgan fingerprint density at radius 2 is 2.40 bits per heavy atom. The van der Waals surface area contributed by atoms with Crippen LogP contribution in [0.3, 0.4) is 0 Å². The fraction of sp³-hybridized carbons (Fsp3) is 0.647. The third-order valence-corrected chi connectivity index (χ3v) is 5.89. The molecular weight excluding hydrogens is 266 g/mol. The second kappa shape index (κ2) is 6.86. The molecule has 110 valence electrons. The minimum Gasteiger partial charge on any atom is -0.493 e. The van der Waals surface area contributed by atoms with Gasteiger partial charge in [-0.3, -0.25) is 0 Å². The summed E-state index contributed by atoms with van der Waals surface area (Å²) >= 11 is 2.16. The van der Waals surface area contributed by atoms with E-state index in [4.69, 9.17) is 4.74 Å². The smallest absolute Gasteiger partial charge is 0.122 e. The standard InChI is InChI=1S/C17H25NOS/c1-2-18-15(17-4-3-11-20-17)7-5-13-6-8-16-14(12-13)9-10-19-16/h6,8,12,15,17-18H,2-5,7,9-11H2,1H3. The average Bonchev–Trinajstić information content (AvgIpc) is 3.13. The van der Waals surface area contributed by atoms with E-state index in [0.29, 0.717) is 6.04 Å². The molecule has 0 amide bonds. The highest BCUT2D eigenvalue weighted by Crippen LogP contribution is 2.31. The van der Waals surface area contributed by atoms with Gasteiger partial charge in [-0.2, -0.15) is 11.8 Å². The van der Waals surface area contributed by atoms with Crippen molar-refractivity contribution in [2.24, 2.45) is 0 Å². The molecule has 2 aliphatic heterocycles. The van der Waals surface area contributed by atoms with Crippen LogP contribution in [0.25, 0.3) is 0 Å². The predicted octanol–water partition coefficient (Wildman–Crippen LogP) is 3.43. The molecule has 0 saturated carbocycles. The van der Waals surface area contributed by atoms with Crippen LogP contribution in [0, 0.1) is 0 Å². The van der Waals surface area contributed by atoms with Crippen LogP contribution in [0.5, 0.6) is 5.75 Å². The molecule has 2 heterocycles. The number of hydrogen-bond donors (Lipinski definition) is 1. The van der Waals surface area contributed by atoms with Crippen molar-refractivity contribution in [1.29, 1.82) is 0 Å². The Kier molecular flexibility index (Phi) is 4.90. The lowest BCUT2D eigenvalue weighted by Crippen LogP contribution is -2.37. The number of nitrogens with one attached hydrogen (secondary N) is 1. The summed E-state index contributed by atoms with van der Waals surface area (Å²) in [6, 6.07) is 7.43. The van der Waals surface area contributed by atoms with E-state index >= 15 is 0 Å². The van der Waals surface area contributed by atoms with Crippen molar-refractivity contribution in [3.63, 3.8) is 0 Å². The molecular formula is C17H25NOS. The molecule has 1 fully saturated rings. The molecule has 0 bridgehead atoms. The number of thioether (sulfide) groups is 1. The van der Waals surface area contributed by atoms with Gasteiger partial charge in [0.05, 0.1) is 6.61 Å². The molecule has 2 nitrogen and oxygen atoms in total. The molecule has 2 aliphatic rings. The first-order chi connectivity index (χ1) is 9.86. The van der Waals surface area contributed by atoms with Gasteiger partial charge in [0.2, 0.25) is 0 Å². The van der Waals surface area contributed by atoms with E-state index in [1.807, 2.05) is 0 Å². The summed E-state index contributed by atoms with van der Waals surface area (Å²) in [4.78, 5) is 0. The lowest BCUT2D eigenvalue weighted by atomic mass is 9.99. The maximum absolute atomic E-state index is 5.58. The highest BCUT2D eigenvalue weighted by molar-refractivity contribution is 8.00. The van der Waals surface area contributed by atoms with Gasteiger partial charge < -0.3 is 10.1 Å². The monoisotopic (exact) mass is 291 g/mol. The SMILES string of the molecule is CCNC(CCc1ccc2c(c1)CCO2)C1CCCS1. The topological polar surface area (TPSA) is 21.3 Å². The van der Waals surface area contributed by atoms with Crippen molar-refractivity contribution in [2.45, 2.75) is 50.3 Å². The van der Waals surface area contributed by atoms with Crippen LogP contribution in [-0.2, 0) is 12.8 Å². The Balaban J connectivity index is 1.58. The van der Waals surface area contributed by atoms with Crippen LogP contribution in [-0.4, -0.2) is 30.2 Å². The fourth-order valence-electron chi connectivity index (χ4n) is 3.32. The van der Waals surface area contributed by atoms with E-state index in [9.17, 15) is 0 Å². The summed E-state index contributed by atoms with van der Waals surface area (Å²) in [7, 11) is 0. The summed E-state index contributed by atoms with van der Waals surface area (Å²) < 4.78 is 5.58. The van der Waals surface area contributed by atoms with Crippen LogP contribution in [0.15, 0.2) is 18.2 Å². The van der Waals surface area contributed by atoms with Crippen molar-refractivity contribution >= 4 is 11.8 Å². The molecule has 1 N–H and O–H groups in total. The Hall–Kier alpha value is -0.670. The van der Waals surface area contributed by atoms with Crippen LogP contribution in [0.4, 0.5) is 0 Å². The first-order valence-corrected chi connectivity index (χ1v) is 9.01. The number of ether oxygens (including phenoxy) is 1. The summed E-state index contributed by atoms with van der Waals surface area (Å²) in [5.74, 6) is 2.45. The minimum absolute atomic E-state index is 0.678. The van der Waals surface area contributed by atoms with Crippen LogP contribution in [0.2, 0.25) is 0 Å². The third kappa shape index (κ3) is 3.32. The summed E-state index contributed by atoms with van der Waals surface area (Å²) in [6.45, 7) is 4.16. The largest absolute Gasteiger partial charge is 0.493 e. The van der Waals surface area contributed by atoms with Crippen LogP contribution in [0.1, 0.15) is 37.3 Å². The first kappa shape index (κ1) is 14.3. The zero-order valence-corrected chi connectivity index (χ0v) is 13.2. The number of aryl methyl sites for hydroxylation is 1. The van der Waals surface area contributed by atoms with E-state index in [1.165, 1.54) is 42.6 Å². The van der Waals surface area contributed by atoms with Crippen LogP contribution < -0.4 is 10.1 Å². The van der Waals surface area contributed by atoms with Gasteiger partial charge in [-0.25, -0.2) is 0 Å². The summed E-state index contributed by atoms with van der Waals surface area (Å²) in [5, 5.41) is 4.53. The molecule has 3 rings (SSSR count). The Bertz CT molecular complexity index is 443. The lowest BCUT2D eigenvalue weighted by molar-refractivity contribution is 0.357. The minimum atomic E-state index is 0.678. The Labute approximate surface area is 126 Å². The molecule has 3 heteroatoms. The van der Waals surface area contributed by atoms with Crippen molar-refractivity contribution in [2.75, 3.05) is 18.9 Å². The molecule has 0 aromatic heterocycles. The third-order valence-electron chi connectivity index (χ3n) is 4.38. The van der Waals surface area contributed by atoms with Gasteiger partial charge in [0.15, 0.2) is 0 Å². The Morgan fingerprint density at radius 1 is 1.45 bits per heavy atom. The van der Waals surface area contributed by atoms with Crippen LogP contribution >= 0.6 is 11.8 Å². The molecule has 0 spiro atoms. The second-order valence-corrected chi connectivity index (χ2v) is 7.14. The van der Waals surface area contributed by atoms with E-state index < -0.39 is 0 Å². The van der Waals surface area contributed by atoms with E-state index in [0.717, 1.165) is 30.6 Å².